The lowest BCUT2D eigenvalue weighted by Gasteiger charge is -2.12. The lowest BCUT2D eigenvalue weighted by Crippen LogP contribution is -2.14. The quantitative estimate of drug-likeness (QED) is 0.375. The molecule has 158 valence electrons. The molecule has 4 aromatic rings. The molecule has 30 heavy (non-hydrogen) atoms. The SMILES string of the molecule is CN(C)CCc1c[nH]c2ccc(-c3ccc(O)c4c(CCN(C)C)c[nH]c34)c(O)c12. The second-order valence-corrected chi connectivity index (χ2v) is 8.50. The lowest BCUT2D eigenvalue weighted by atomic mass is 9.97. The topological polar surface area (TPSA) is 78.5 Å². The summed E-state index contributed by atoms with van der Waals surface area (Å²) in [4.78, 5) is 10.9. The zero-order chi connectivity index (χ0) is 21.4. The van der Waals surface area contributed by atoms with Gasteiger partial charge < -0.3 is 30.0 Å². The standard InChI is InChI=1S/C24H30N4O2/c1-27(2)11-9-15-13-25-19-7-5-18(24(30)21(15)19)17-6-8-20(29)22-16(10-12-28(3)4)14-26-23(17)22/h5-8,13-14,25-26,29-30H,9-12H2,1-4H3. The van der Waals surface area contributed by atoms with Crippen LogP contribution in [0.5, 0.6) is 11.5 Å². The van der Waals surface area contributed by atoms with Crippen LogP contribution in [-0.2, 0) is 12.8 Å². The predicted octanol–water partition coefficient (Wildman–Crippen LogP) is 3.94. The van der Waals surface area contributed by atoms with E-state index in [9.17, 15) is 10.2 Å². The first-order valence-corrected chi connectivity index (χ1v) is 10.3. The zero-order valence-corrected chi connectivity index (χ0v) is 18.1. The third kappa shape index (κ3) is 3.64. The van der Waals surface area contributed by atoms with Gasteiger partial charge in [0.25, 0.3) is 0 Å². The van der Waals surface area contributed by atoms with Crippen LogP contribution < -0.4 is 0 Å². The van der Waals surface area contributed by atoms with Gasteiger partial charge in [0.05, 0.1) is 5.52 Å². The summed E-state index contributed by atoms with van der Waals surface area (Å²) in [6.45, 7) is 1.80. The van der Waals surface area contributed by atoms with Gasteiger partial charge in [-0.2, -0.15) is 0 Å². The Morgan fingerprint density at radius 3 is 2.00 bits per heavy atom. The van der Waals surface area contributed by atoms with E-state index in [-0.39, 0.29) is 11.5 Å². The molecule has 0 aliphatic rings. The average molecular weight is 407 g/mol. The van der Waals surface area contributed by atoms with Crippen LogP contribution in [0.15, 0.2) is 36.7 Å². The van der Waals surface area contributed by atoms with Crippen molar-refractivity contribution in [2.24, 2.45) is 0 Å². The van der Waals surface area contributed by atoms with E-state index in [0.29, 0.717) is 0 Å². The molecule has 0 atom stereocenters. The third-order valence-corrected chi connectivity index (χ3v) is 5.74. The minimum atomic E-state index is 0.262. The Morgan fingerprint density at radius 2 is 1.33 bits per heavy atom. The molecular weight excluding hydrogens is 376 g/mol. The van der Waals surface area contributed by atoms with Gasteiger partial charge in [0, 0.05) is 52.9 Å². The number of phenols is 2. The molecule has 0 saturated heterocycles. The summed E-state index contributed by atoms with van der Waals surface area (Å²) in [5.41, 5.74) is 5.61. The molecule has 6 nitrogen and oxygen atoms in total. The molecule has 0 radical (unpaired) electrons. The van der Waals surface area contributed by atoms with E-state index in [1.807, 2.05) is 58.8 Å². The molecule has 4 rings (SSSR count). The largest absolute Gasteiger partial charge is 0.507 e. The van der Waals surface area contributed by atoms with Gasteiger partial charge in [-0.3, -0.25) is 0 Å². The highest BCUT2D eigenvalue weighted by Crippen LogP contribution is 2.42. The molecule has 0 bridgehead atoms. The van der Waals surface area contributed by atoms with Crippen molar-refractivity contribution in [2.75, 3.05) is 41.3 Å². The Balaban J connectivity index is 1.83. The van der Waals surface area contributed by atoms with Crippen molar-refractivity contribution in [1.29, 1.82) is 0 Å². The van der Waals surface area contributed by atoms with Crippen LogP contribution in [0, 0.1) is 0 Å². The average Bonchev–Trinajstić information content (AvgIpc) is 3.31. The highest BCUT2D eigenvalue weighted by molar-refractivity contribution is 6.04. The molecule has 0 unspecified atom stereocenters. The molecule has 2 aromatic heterocycles. The first kappa shape index (κ1) is 20.3. The fourth-order valence-corrected chi connectivity index (χ4v) is 4.10. The van der Waals surface area contributed by atoms with E-state index in [1.165, 1.54) is 0 Å². The molecule has 0 saturated carbocycles. The van der Waals surface area contributed by atoms with Gasteiger partial charge in [-0.15, -0.1) is 0 Å². The van der Waals surface area contributed by atoms with Gasteiger partial charge in [0.1, 0.15) is 11.5 Å². The maximum absolute atomic E-state index is 11.2. The van der Waals surface area contributed by atoms with Crippen LogP contribution in [0.1, 0.15) is 11.1 Å². The first-order valence-electron chi connectivity index (χ1n) is 10.3. The summed E-state index contributed by atoms with van der Waals surface area (Å²) in [5, 5.41) is 23.5. The summed E-state index contributed by atoms with van der Waals surface area (Å²) in [5.74, 6) is 0.538. The Bertz CT molecular complexity index is 1190. The molecule has 0 amide bonds. The summed E-state index contributed by atoms with van der Waals surface area (Å²) in [6, 6.07) is 7.55. The minimum absolute atomic E-state index is 0.262. The molecule has 0 fully saturated rings. The van der Waals surface area contributed by atoms with Gasteiger partial charge in [0.2, 0.25) is 0 Å². The van der Waals surface area contributed by atoms with E-state index >= 15 is 0 Å². The molecule has 0 aliphatic heterocycles. The number of likely N-dealkylation sites (N-methyl/N-ethyl adjacent to an activating group) is 2. The number of hydrogen-bond donors (Lipinski definition) is 4. The normalized spacial score (nSPS) is 12.1. The van der Waals surface area contributed by atoms with Crippen molar-refractivity contribution < 1.29 is 10.2 Å². The van der Waals surface area contributed by atoms with Gasteiger partial charge in [0.15, 0.2) is 0 Å². The van der Waals surface area contributed by atoms with E-state index < -0.39 is 0 Å². The van der Waals surface area contributed by atoms with Crippen LogP contribution in [0.2, 0.25) is 0 Å². The minimum Gasteiger partial charge on any atom is -0.507 e. The Kier molecular flexibility index (Phi) is 5.45. The van der Waals surface area contributed by atoms with Crippen molar-refractivity contribution in [2.45, 2.75) is 12.8 Å². The van der Waals surface area contributed by atoms with Gasteiger partial charge in [-0.05, 0) is 76.4 Å². The van der Waals surface area contributed by atoms with Gasteiger partial charge in [-0.1, -0.05) is 0 Å². The molecule has 4 N–H and O–H groups in total. The lowest BCUT2D eigenvalue weighted by molar-refractivity contribution is 0.414. The molecule has 2 aromatic carbocycles. The monoisotopic (exact) mass is 406 g/mol. The van der Waals surface area contributed by atoms with Crippen LogP contribution in [0.25, 0.3) is 32.9 Å². The number of aromatic amines is 2. The second-order valence-electron chi connectivity index (χ2n) is 8.50. The maximum atomic E-state index is 11.2. The Labute approximate surface area is 176 Å². The van der Waals surface area contributed by atoms with E-state index in [1.54, 1.807) is 6.07 Å². The van der Waals surface area contributed by atoms with E-state index in [2.05, 4.69) is 19.8 Å². The zero-order valence-electron chi connectivity index (χ0n) is 18.1. The summed E-state index contributed by atoms with van der Waals surface area (Å²) in [6.07, 6.45) is 5.64. The van der Waals surface area contributed by atoms with Crippen molar-refractivity contribution >= 4 is 21.8 Å². The first-order chi connectivity index (χ1) is 14.4. The van der Waals surface area contributed by atoms with E-state index in [4.69, 9.17) is 0 Å². The maximum Gasteiger partial charge on any atom is 0.133 e. The number of H-pyrrole nitrogens is 2. The summed E-state index contributed by atoms with van der Waals surface area (Å²) >= 11 is 0. The highest BCUT2D eigenvalue weighted by Gasteiger charge is 2.18. The molecule has 0 spiro atoms. The number of benzene rings is 2. The highest BCUT2D eigenvalue weighted by atomic mass is 16.3. The Morgan fingerprint density at radius 1 is 0.733 bits per heavy atom. The predicted molar refractivity (Wildman–Crippen MR) is 123 cm³/mol. The summed E-state index contributed by atoms with van der Waals surface area (Å²) in [7, 11) is 8.18. The number of aromatic hydroxyl groups is 2. The fraction of sp³-hybridized carbons (Fsp3) is 0.333. The van der Waals surface area contributed by atoms with E-state index in [0.717, 1.165) is 70.0 Å². The smallest absolute Gasteiger partial charge is 0.133 e. The second kappa shape index (κ2) is 8.05. The number of hydrogen-bond acceptors (Lipinski definition) is 4. The van der Waals surface area contributed by atoms with Crippen molar-refractivity contribution in [3.63, 3.8) is 0 Å². The van der Waals surface area contributed by atoms with Gasteiger partial charge >= 0.3 is 0 Å². The number of aromatic nitrogens is 2. The number of fused-ring (bicyclic) bond motifs is 2. The Hall–Kier alpha value is -2.96. The number of nitrogens with zero attached hydrogens (tertiary/aromatic N) is 2. The van der Waals surface area contributed by atoms with Crippen molar-refractivity contribution in [3.8, 4) is 22.6 Å². The fourth-order valence-electron chi connectivity index (χ4n) is 4.10. The molecule has 0 aliphatic carbocycles. The third-order valence-electron chi connectivity index (χ3n) is 5.74. The van der Waals surface area contributed by atoms with Crippen LogP contribution >= 0.6 is 0 Å². The van der Waals surface area contributed by atoms with Gasteiger partial charge in [-0.25, -0.2) is 0 Å². The number of nitrogens with one attached hydrogen (secondary N) is 2. The number of rotatable bonds is 7. The molecular formula is C24H30N4O2. The van der Waals surface area contributed by atoms with Crippen molar-refractivity contribution in [3.05, 3.63) is 47.8 Å². The van der Waals surface area contributed by atoms with Crippen LogP contribution in [-0.4, -0.2) is 71.3 Å². The summed E-state index contributed by atoms with van der Waals surface area (Å²) < 4.78 is 0. The van der Waals surface area contributed by atoms with Crippen LogP contribution in [0.4, 0.5) is 0 Å². The molecule has 6 heteroatoms. The number of phenolic OH excluding ortho intramolecular Hbond substituents is 2. The van der Waals surface area contributed by atoms with Crippen molar-refractivity contribution in [1.82, 2.24) is 19.8 Å². The molecule has 2 heterocycles. The van der Waals surface area contributed by atoms with Crippen LogP contribution in [0.3, 0.4) is 0 Å².